The number of likely N-dealkylation sites (tertiary alicyclic amines) is 1. The molecule has 0 aromatic heterocycles. The minimum absolute atomic E-state index is 0.367. The van der Waals surface area contributed by atoms with Crippen molar-refractivity contribution in [2.24, 2.45) is 17.8 Å². The molecule has 1 fully saturated rings. The van der Waals surface area contributed by atoms with Gasteiger partial charge in [-0.05, 0) is 64.5 Å². The third-order valence-electron chi connectivity index (χ3n) is 4.28. The summed E-state index contributed by atoms with van der Waals surface area (Å²) in [6, 6.07) is 0. The van der Waals surface area contributed by atoms with E-state index in [-0.39, 0.29) is 0 Å². The first-order valence-electron chi connectivity index (χ1n) is 6.57. The molecule has 0 spiro atoms. The molecule has 1 nitrogen and oxygen atoms in total. The summed E-state index contributed by atoms with van der Waals surface area (Å²) in [5, 5.41) is 0. The first kappa shape index (κ1) is 13.0. The maximum atomic E-state index is 2.64. The van der Waals surface area contributed by atoms with Crippen LogP contribution in [0.4, 0.5) is 0 Å². The number of piperidine rings is 1. The molecule has 1 aliphatic rings. The van der Waals surface area contributed by atoms with Crippen LogP contribution in [0.25, 0.3) is 0 Å². The minimum Gasteiger partial charge on any atom is -0.298 e. The normalized spacial score (nSPS) is 23.4. The smallest absolute Gasteiger partial charge is 0.0125 e. The molecule has 0 aromatic carbocycles. The fourth-order valence-electron chi connectivity index (χ4n) is 2.64. The van der Waals surface area contributed by atoms with Gasteiger partial charge in [-0.3, -0.25) is 4.90 Å². The molecule has 0 amide bonds. The van der Waals surface area contributed by atoms with Gasteiger partial charge in [0.05, 0.1) is 0 Å². The van der Waals surface area contributed by atoms with E-state index in [1.165, 1.54) is 25.9 Å². The van der Waals surface area contributed by atoms with Gasteiger partial charge in [0.1, 0.15) is 0 Å². The summed E-state index contributed by atoms with van der Waals surface area (Å²) in [6.07, 6.45) is 2.80. The Bertz CT molecular complexity index is 182. The highest BCUT2D eigenvalue weighted by atomic mass is 15.2. The summed E-state index contributed by atoms with van der Waals surface area (Å²) < 4.78 is 0. The molecule has 0 unspecified atom stereocenters. The van der Waals surface area contributed by atoms with Crippen LogP contribution >= 0.6 is 0 Å². The van der Waals surface area contributed by atoms with Crippen molar-refractivity contribution in [1.29, 1.82) is 0 Å². The van der Waals surface area contributed by atoms with E-state index in [2.05, 4.69) is 46.4 Å². The predicted molar refractivity (Wildman–Crippen MR) is 68.1 cm³/mol. The number of rotatable bonds is 2. The zero-order valence-corrected chi connectivity index (χ0v) is 11.5. The lowest BCUT2D eigenvalue weighted by atomic mass is 9.78. The molecule has 90 valence electrons. The molecule has 0 aromatic rings. The summed E-state index contributed by atoms with van der Waals surface area (Å²) >= 11 is 0. The maximum Gasteiger partial charge on any atom is 0.0125 e. The third kappa shape index (κ3) is 3.48. The Labute approximate surface area is 96.2 Å². The molecule has 15 heavy (non-hydrogen) atoms. The fraction of sp³-hybridized carbons (Fsp3) is 1.00. The van der Waals surface area contributed by atoms with Crippen LogP contribution in [0, 0.1) is 17.8 Å². The van der Waals surface area contributed by atoms with Gasteiger partial charge in [0.15, 0.2) is 0 Å². The minimum atomic E-state index is 0.367. The second-order valence-electron chi connectivity index (χ2n) is 6.60. The average Bonchev–Trinajstić information content (AvgIpc) is 2.15. The highest BCUT2D eigenvalue weighted by molar-refractivity contribution is 4.83. The van der Waals surface area contributed by atoms with Crippen LogP contribution in [0.1, 0.15) is 54.4 Å². The van der Waals surface area contributed by atoms with Crippen LogP contribution < -0.4 is 0 Å². The summed E-state index contributed by atoms with van der Waals surface area (Å²) in [7, 11) is 0. The van der Waals surface area contributed by atoms with Gasteiger partial charge >= 0.3 is 0 Å². The van der Waals surface area contributed by atoms with Gasteiger partial charge in [0, 0.05) is 5.54 Å². The van der Waals surface area contributed by atoms with Gasteiger partial charge in [-0.15, -0.1) is 0 Å². The fourth-order valence-corrected chi connectivity index (χ4v) is 2.64. The van der Waals surface area contributed by atoms with E-state index in [0.29, 0.717) is 5.54 Å². The number of hydrogen-bond donors (Lipinski definition) is 0. The van der Waals surface area contributed by atoms with Crippen LogP contribution in [0.2, 0.25) is 0 Å². The second kappa shape index (κ2) is 4.86. The van der Waals surface area contributed by atoms with Crippen LogP contribution in [0.15, 0.2) is 0 Å². The van der Waals surface area contributed by atoms with Crippen LogP contribution in [0.5, 0.6) is 0 Å². The number of hydrogen-bond acceptors (Lipinski definition) is 1. The molecule has 0 radical (unpaired) electrons. The SMILES string of the molecule is CC(C)[C@H](C)C1CCN(C(C)(C)C)CC1. The summed E-state index contributed by atoms with van der Waals surface area (Å²) in [5.41, 5.74) is 0.367. The topological polar surface area (TPSA) is 3.24 Å². The van der Waals surface area contributed by atoms with E-state index >= 15 is 0 Å². The van der Waals surface area contributed by atoms with Crippen molar-refractivity contribution in [2.75, 3.05) is 13.1 Å². The Morgan fingerprint density at radius 3 is 1.80 bits per heavy atom. The highest BCUT2D eigenvalue weighted by Gasteiger charge is 2.29. The van der Waals surface area contributed by atoms with Crippen LogP contribution in [0.3, 0.4) is 0 Å². The largest absolute Gasteiger partial charge is 0.298 e. The molecule has 1 saturated heterocycles. The van der Waals surface area contributed by atoms with Gasteiger partial charge in [0.2, 0.25) is 0 Å². The lowest BCUT2D eigenvalue weighted by Gasteiger charge is -2.42. The van der Waals surface area contributed by atoms with Crippen molar-refractivity contribution in [3.8, 4) is 0 Å². The Kier molecular flexibility index (Phi) is 4.22. The molecule has 0 saturated carbocycles. The van der Waals surface area contributed by atoms with E-state index in [1.54, 1.807) is 0 Å². The van der Waals surface area contributed by atoms with E-state index in [1.807, 2.05) is 0 Å². The lowest BCUT2D eigenvalue weighted by Crippen LogP contribution is -2.47. The summed E-state index contributed by atoms with van der Waals surface area (Å²) in [5.74, 6) is 2.70. The third-order valence-corrected chi connectivity index (χ3v) is 4.28. The Balaban J connectivity index is 2.42. The molecule has 1 heterocycles. The van der Waals surface area contributed by atoms with Crippen molar-refractivity contribution in [3.05, 3.63) is 0 Å². The standard InChI is InChI=1S/C14H29N/c1-11(2)12(3)13-7-9-15(10-8-13)14(4,5)6/h11-13H,7-10H2,1-6H3/t12-/m0/s1. The highest BCUT2D eigenvalue weighted by Crippen LogP contribution is 2.31. The van der Waals surface area contributed by atoms with Crippen molar-refractivity contribution < 1.29 is 0 Å². The van der Waals surface area contributed by atoms with Crippen molar-refractivity contribution in [1.82, 2.24) is 4.90 Å². The Morgan fingerprint density at radius 1 is 1.00 bits per heavy atom. The van der Waals surface area contributed by atoms with Gasteiger partial charge < -0.3 is 0 Å². The Morgan fingerprint density at radius 2 is 1.47 bits per heavy atom. The molecule has 1 rings (SSSR count). The van der Waals surface area contributed by atoms with Gasteiger partial charge in [0.25, 0.3) is 0 Å². The van der Waals surface area contributed by atoms with Gasteiger partial charge in [-0.1, -0.05) is 20.8 Å². The van der Waals surface area contributed by atoms with E-state index < -0.39 is 0 Å². The molecule has 0 bridgehead atoms. The molecule has 1 aliphatic heterocycles. The van der Waals surface area contributed by atoms with Gasteiger partial charge in [-0.25, -0.2) is 0 Å². The molecule has 1 atom stereocenters. The molecule has 0 N–H and O–H groups in total. The number of nitrogens with zero attached hydrogens (tertiary/aromatic N) is 1. The average molecular weight is 211 g/mol. The summed E-state index contributed by atoms with van der Waals surface area (Å²) in [6.45, 7) is 16.7. The molecule has 1 heteroatoms. The first-order valence-corrected chi connectivity index (χ1v) is 6.57. The summed E-state index contributed by atoms with van der Waals surface area (Å²) in [4.78, 5) is 2.64. The predicted octanol–water partition coefficient (Wildman–Crippen LogP) is 3.79. The van der Waals surface area contributed by atoms with E-state index in [9.17, 15) is 0 Å². The van der Waals surface area contributed by atoms with Crippen molar-refractivity contribution >= 4 is 0 Å². The van der Waals surface area contributed by atoms with Crippen LogP contribution in [-0.2, 0) is 0 Å². The van der Waals surface area contributed by atoms with Crippen LogP contribution in [-0.4, -0.2) is 23.5 Å². The van der Waals surface area contributed by atoms with E-state index in [4.69, 9.17) is 0 Å². The zero-order valence-electron chi connectivity index (χ0n) is 11.5. The van der Waals surface area contributed by atoms with Crippen molar-refractivity contribution in [3.63, 3.8) is 0 Å². The Hall–Kier alpha value is -0.0400. The first-order chi connectivity index (χ1) is 6.82. The molecular formula is C14H29N. The van der Waals surface area contributed by atoms with E-state index in [0.717, 1.165) is 17.8 Å². The molecular weight excluding hydrogens is 182 g/mol. The maximum absolute atomic E-state index is 2.64. The molecule has 0 aliphatic carbocycles. The van der Waals surface area contributed by atoms with Crippen molar-refractivity contribution in [2.45, 2.75) is 59.9 Å². The zero-order chi connectivity index (χ0) is 11.6. The van der Waals surface area contributed by atoms with Gasteiger partial charge in [-0.2, -0.15) is 0 Å². The quantitative estimate of drug-likeness (QED) is 0.672. The second-order valence-corrected chi connectivity index (χ2v) is 6.60. The monoisotopic (exact) mass is 211 g/mol. The lowest BCUT2D eigenvalue weighted by molar-refractivity contribution is 0.0652.